The summed E-state index contributed by atoms with van der Waals surface area (Å²) < 4.78 is 17.9. The Balaban J connectivity index is 2.67. The molecular weight excluding hydrogens is 225 g/mol. The number of esters is 1. The molecule has 0 unspecified atom stereocenters. The molecule has 1 aromatic carbocycles. The molecule has 1 amide bonds. The SMILES string of the molecule is CC(=O)O[C@H](C)C(=O)Nc1ccc(C)c(F)c1. The van der Waals surface area contributed by atoms with Crippen molar-refractivity contribution in [2.45, 2.75) is 26.9 Å². The van der Waals surface area contributed by atoms with E-state index in [1.165, 1.54) is 19.9 Å². The Morgan fingerprint density at radius 3 is 2.59 bits per heavy atom. The molecule has 4 nitrogen and oxygen atoms in total. The summed E-state index contributed by atoms with van der Waals surface area (Å²) >= 11 is 0. The number of anilines is 1. The third-order valence-electron chi connectivity index (χ3n) is 2.15. The van der Waals surface area contributed by atoms with Gasteiger partial charge in [0.25, 0.3) is 5.91 Å². The molecule has 5 heteroatoms. The van der Waals surface area contributed by atoms with Gasteiger partial charge in [0, 0.05) is 12.6 Å². The van der Waals surface area contributed by atoms with Crippen molar-refractivity contribution in [3.05, 3.63) is 29.6 Å². The zero-order valence-corrected chi connectivity index (χ0v) is 9.91. The molecule has 0 radical (unpaired) electrons. The van der Waals surface area contributed by atoms with Crippen LogP contribution in [0.25, 0.3) is 0 Å². The molecule has 0 saturated heterocycles. The largest absolute Gasteiger partial charge is 0.453 e. The van der Waals surface area contributed by atoms with Gasteiger partial charge in [-0.05, 0) is 31.5 Å². The fourth-order valence-electron chi connectivity index (χ4n) is 1.22. The quantitative estimate of drug-likeness (QED) is 0.821. The van der Waals surface area contributed by atoms with Gasteiger partial charge in [-0.3, -0.25) is 9.59 Å². The highest BCUT2D eigenvalue weighted by Gasteiger charge is 2.15. The first-order valence-electron chi connectivity index (χ1n) is 5.14. The van der Waals surface area contributed by atoms with Crippen molar-refractivity contribution >= 4 is 17.6 Å². The number of ether oxygens (including phenoxy) is 1. The summed E-state index contributed by atoms with van der Waals surface area (Å²) in [6.45, 7) is 4.29. The van der Waals surface area contributed by atoms with Gasteiger partial charge in [-0.2, -0.15) is 0 Å². The molecule has 17 heavy (non-hydrogen) atoms. The van der Waals surface area contributed by atoms with Crippen LogP contribution in [-0.2, 0) is 14.3 Å². The minimum Gasteiger partial charge on any atom is -0.453 e. The van der Waals surface area contributed by atoms with Crippen molar-refractivity contribution in [3.63, 3.8) is 0 Å². The molecule has 0 saturated carbocycles. The van der Waals surface area contributed by atoms with Gasteiger partial charge < -0.3 is 10.1 Å². The number of aryl methyl sites for hydroxylation is 1. The van der Waals surface area contributed by atoms with Crippen LogP contribution in [0.2, 0.25) is 0 Å². The first kappa shape index (κ1) is 13.2. The van der Waals surface area contributed by atoms with Crippen molar-refractivity contribution in [1.82, 2.24) is 0 Å². The zero-order valence-electron chi connectivity index (χ0n) is 9.91. The van der Waals surface area contributed by atoms with Crippen molar-refractivity contribution in [3.8, 4) is 0 Å². The highest BCUT2D eigenvalue weighted by molar-refractivity contribution is 5.94. The van der Waals surface area contributed by atoms with E-state index >= 15 is 0 Å². The van der Waals surface area contributed by atoms with Crippen LogP contribution in [0.3, 0.4) is 0 Å². The molecule has 1 aromatic rings. The number of benzene rings is 1. The molecule has 0 fully saturated rings. The summed E-state index contributed by atoms with van der Waals surface area (Å²) in [7, 11) is 0. The van der Waals surface area contributed by atoms with Gasteiger partial charge in [-0.15, -0.1) is 0 Å². The maximum Gasteiger partial charge on any atom is 0.303 e. The van der Waals surface area contributed by atoms with Gasteiger partial charge >= 0.3 is 5.97 Å². The van der Waals surface area contributed by atoms with Crippen LogP contribution in [0.15, 0.2) is 18.2 Å². The lowest BCUT2D eigenvalue weighted by Gasteiger charge is -2.12. The van der Waals surface area contributed by atoms with Crippen LogP contribution in [0, 0.1) is 12.7 Å². The second-order valence-corrected chi connectivity index (χ2v) is 3.70. The maximum atomic E-state index is 13.2. The summed E-state index contributed by atoms with van der Waals surface area (Å²) in [6.07, 6.45) is -0.906. The van der Waals surface area contributed by atoms with E-state index in [0.717, 1.165) is 0 Å². The van der Waals surface area contributed by atoms with Crippen LogP contribution in [0.5, 0.6) is 0 Å². The Hall–Kier alpha value is -1.91. The van der Waals surface area contributed by atoms with E-state index in [1.54, 1.807) is 19.1 Å². The Labute approximate surface area is 98.8 Å². The summed E-state index contributed by atoms with van der Waals surface area (Å²) in [4.78, 5) is 22.2. The molecule has 1 rings (SSSR count). The topological polar surface area (TPSA) is 55.4 Å². The molecule has 0 heterocycles. The molecule has 0 bridgehead atoms. The van der Waals surface area contributed by atoms with Crippen LogP contribution < -0.4 is 5.32 Å². The monoisotopic (exact) mass is 239 g/mol. The lowest BCUT2D eigenvalue weighted by atomic mass is 10.2. The van der Waals surface area contributed by atoms with Crippen molar-refractivity contribution < 1.29 is 18.7 Å². The smallest absolute Gasteiger partial charge is 0.303 e. The summed E-state index contributed by atoms with van der Waals surface area (Å²) in [5.74, 6) is -1.44. The Kier molecular flexibility index (Phi) is 4.20. The molecule has 1 N–H and O–H groups in total. The van der Waals surface area contributed by atoms with E-state index in [9.17, 15) is 14.0 Å². The second kappa shape index (κ2) is 5.43. The van der Waals surface area contributed by atoms with Crippen molar-refractivity contribution in [2.24, 2.45) is 0 Å². The third-order valence-corrected chi connectivity index (χ3v) is 2.15. The van der Waals surface area contributed by atoms with Crippen molar-refractivity contribution in [1.29, 1.82) is 0 Å². The van der Waals surface area contributed by atoms with E-state index in [1.807, 2.05) is 0 Å². The van der Waals surface area contributed by atoms with E-state index in [0.29, 0.717) is 11.3 Å². The molecule has 0 aliphatic carbocycles. The number of carbonyl (C=O) groups is 2. The molecule has 1 atom stereocenters. The lowest BCUT2D eigenvalue weighted by molar-refractivity contribution is -0.150. The maximum absolute atomic E-state index is 13.2. The van der Waals surface area contributed by atoms with Gasteiger partial charge in [0.2, 0.25) is 0 Å². The van der Waals surface area contributed by atoms with E-state index < -0.39 is 23.8 Å². The number of amides is 1. The average Bonchev–Trinajstić information content (AvgIpc) is 2.22. The lowest BCUT2D eigenvalue weighted by Crippen LogP contribution is -2.29. The fraction of sp³-hybridized carbons (Fsp3) is 0.333. The summed E-state index contributed by atoms with van der Waals surface area (Å²) in [5, 5.41) is 2.46. The van der Waals surface area contributed by atoms with Crippen LogP contribution in [-0.4, -0.2) is 18.0 Å². The molecule has 0 aliphatic rings. The van der Waals surface area contributed by atoms with Crippen LogP contribution in [0.4, 0.5) is 10.1 Å². The normalized spacial score (nSPS) is 11.8. The van der Waals surface area contributed by atoms with Crippen molar-refractivity contribution in [2.75, 3.05) is 5.32 Å². The molecule has 0 spiro atoms. The minimum absolute atomic E-state index is 0.331. The van der Waals surface area contributed by atoms with E-state index in [4.69, 9.17) is 4.74 Å². The fourth-order valence-corrected chi connectivity index (χ4v) is 1.22. The number of hydrogen-bond acceptors (Lipinski definition) is 3. The first-order chi connectivity index (χ1) is 7.90. The summed E-state index contributed by atoms with van der Waals surface area (Å²) in [6, 6.07) is 4.35. The van der Waals surface area contributed by atoms with Gasteiger partial charge in [-0.25, -0.2) is 4.39 Å². The van der Waals surface area contributed by atoms with E-state index in [-0.39, 0.29) is 0 Å². The minimum atomic E-state index is -0.906. The molecule has 0 aromatic heterocycles. The average molecular weight is 239 g/mol. The third kappa shape index (κ3) is 3.86. The van der Waals surface area contributed by atoms with Gasteiger partial charge in [0.15, 0.2) is 6.10 Å². The Bertz CT molecular complexity index is 445. The second-order valence-electron chi connectivity index (χ2n) is 3.70. The number of hydrogen-bond donors (Lipinski definition) is 1. The number of nitrogens with one attached hydrogen (secondary N) is 1. The molecule has 92 valence electrons. The zero-order chi connectivity index (χ0) is 13.0. The van der Waals surface area contributed by atoms with Gasteiger partial charge in [0.1, 0.15) is 5.82 Å². The molecule has 0 aliphatic heterocycles. The summed E-state index contributed by atoms with van der Waals surface area (Å²) in [5.41, 5.74) is 0.827. The Morgan fingerprint density at radius 1 is 1.41 bits per heavy atom. The van der Waals surface area contributed by atoms with E-state index in [2.05, 4.69) is 5.32 Å². The number of halogens is 1. The number of rotatable bonds is 3. The number of carbonyl (C=O) groups excluding carboxylic acids is 2. The van der Waals surface area contributed by atoms with Gasteiger partial charge in [0.05, 0.1) is 0 Å². The highest BCUT2D eigenvalue weighted by atomic mass is 19.1. The first-order valence-corrected chi connectivity index (χ1v) is 5.14. The molecular formula is C12H14FNO3. The van der Waals surface area contributed by atoms with Crippen LogP contribution in [0.1, 0.15) is 19.4 Å². The Morgan fingerprint density at radius 2 is 2.06 bits per heavy atom. The predicted octanol–water partition coefficient (Wildman–Crippen LogP) is 2.02. The van der Waals surface area contributed by atoms with Crippen LogP contribution >= 0.6 is 0 Å². The standard InChI is InChI=1S/C12H14FNO3/c1-7-4-5-10(6-11(7)13)14-12(16)8(2)17-9(3)15/h4-6,8H,1-3H3,(H,14,16)/t8-/m1/s1. The predicted molar refractivity (Wildman–Crippen MR) is 61.0 cm³/mol. The van der Waals surface area contributed by atoms with Gasteiger partial charge in [-0.1, -0.05) is 6.07 Å². The highest BCUT2D eigenvalue weighted by Crippen LogP contribution is 2.14.